The highest BCUT2D eigenvalue weighted by Gasteiger charge is 2.17. The molecule has 142 valence electrons. The van der Waals surface area contributed by atoms with Gasteiger partial charge in [-0.3, -0.25) is 4.79 Å². The van der Waals surface area contributed by atoms with E-state index in [0.29, 0.717) is 22.3 Å². The summed E-state index contributed by atoms with van der Waals surface area (Å²) in [6.45, 7) is 0. The van der Waals surface area contributed by atoms with Crippen LogP contribution in [0.1, 0.15) is 15.9 Å². The predicted octanol–water partition coefficient (Wildman–Crippen LogP) is 3.50. The molecular formula is C22H19NO5. The van der Waals surface area contributed by atoms with Crippen LogP contribution in [0.4, 0.5) is 0 Å². The summed E-state index contributed by atoms with van der Waals surface area (Å²) in [7, 11) is 2.76. The van der Waals surface area contributed by atoms with Crippen molar-refractivity contribution < 1.29 is 24.2 Å². The van der Waals surface area contributed by atoms with Crippen LogP contribution in [0.25, 0.3) is 16.8 Å². The van der Waals surface area contributed by atoms with Crippen LogP contribution in [0, 0.1) is 0 Å². The van der Waals surface area contributed by atoms with E-state index in [2.05, 4.69) is 5.32 Å². The molecule has 0 unspecified atom stereocenters. The lowest BCUT2D eigenvalue weighted by Crippen LogP contribution is -2.28. The lowest BCUT2D eigenvalue weighted by atomic mass is 10.0. The molecule has 0 heterocycles. The molecule has 6 heteroatoms. The number of aromatic hydroxyl groups is 1. The van der Waals surface area contributed by atoms with Crippen LogP contribution in [0.5, 0.6) is 11.5 Å². The molecule has 0 saturated heterocycles. The molecule has 28 heavy (non-hydrogen) atoms. The highest BCUT2D eigenvalue weighted by molar-refractivity contribution is 6.05. The Hall–Kier alpha value is -3.80. The molecule has 2 N–H and O–H groups in total. The predicted molar refractivity (Wildman–Crippen MR) is 106 cm³/mol. The third-order valence-corrected chi connectivity index (χ3v) is 4.23. The summed E-state index contributed by atoms with van der Waals surface area (Å²) in [4.78, 5) is 24.7. The number of rotatable bonds is 5. The second kappa shape index (κ2) is 8.26. The minimum atomic E-state index is -0.733. The van der Waals surface area contributed by atoms with Crippen LogP contribution in [-0.2, 0) is 9.53 Å². The van der Waals surface area contributed by atoms with Gasteiger partial charge >= 0.3 is 5.97 Å². The van der Waals surface area contributed by atoms with Gasteiger partial charge in [-0.15, -0.1) is 0 Å². The number of nitrogens with one attached hydrogen (secondary N) is 1. The molecule has 3 aromatic rings. The Morgan fingerprint density at radius 1 is 1.00 bits per heavy atom. The first kappa shape index (κ1) is 19.0. The van der Waals surface area contributed by atoms with Crippen LogP contribution >= 0.6 is 0 Å². The normalized spacial score (nSPS) is 11.1. The number of phenols is 1. The second-order valence-electron chi connectivity index (χ2n) is 5.96. The Kier molecular flexibility index (Phi) is 5.60. The minimum absolute atomic E-state index is 0.0453. The maximum absolute atomic E-state index is 12.5. The van der Waals surface area contributed by atoms with E-state index in [0.717, 1.165) is 5.39 Å². The second-order valence-corrected chi connectivity index (χ2v) is 5.96. The summed E-state index contributed by atoms with van der Waals surface area (Å²) >= 11 is 0. The first-order valence-electron chi connectivity index (χ1n) is 8.49. The average Bonchev–Trinajstić information content (AvgIpc) is 2.74. The number of hydrogen-bond donors (Lipinski definition) is 2. The van der Waals surface area contributed by atoms with E-state index in [-0.39, 0.29) is 11.4 Å². The van der Waals surface area contributed by atoms with Crippen molar-refractivity contribution in [1.82, 2.24) is 5.32 Å². The SMILES string of the molecule is COC(=O)/C(=C/c1c(O)ccc2ccc(OC)cc12)NC(=O)c1ccccc1. The van der Waals surface area contributed by atoms with Crippen molar-refractivity contribution >= 4 is 28.7 Å². The molecule has 0 saturated carbocycles. The fourth-order valence-corrected chi connectivity index (χ4v) is 2.77. The van der Waals surface area contributed by atoms with Crippen molar-refractivity contribution in [3.63, 3.8) is 0 Å². The van der Waals surface area contributed by atoms with Gasteiger partial charge in [0.2, 0.25) is 0 Å². The van der Waals surface area contributed by atoms with Gasteiger partial charge in [0.25, 0.3) is 5.91 Å². The number of esters is 1. The number of amides is 1. The summed E-state index contributed by atoms with van der Waals surface area (Å²) in [5.41, 5.74) is 0.660. The van der Waals surface area contributed by atoms with Gasteiger partial charge in [-0.05, 0) is 47.2 Å². The zero-order chi connectivity index (χ0) is 20.1. The third kappa shape index (κ3) is 3.96. The maximum atomic E-state index is 12.5. The molecule has 0 spiro atoms. The van der Waals surface area contributed by atoms with Crippen LogP contribution in [0.15, 0.2) is 66.4 Å². The van der Waals surface area contributed by atoms with E-state index in [1.54, 1.807) is 55.6 Å². The van der Waals surface area contributed by atoms with Gasteiger partial charge in [-0.1, -0.05) is 30.3 Å². The van der Waals surface area contributed by atoms with Crippen molar-refractivity contribution in [3.05, 3.63) is 77.5 Å². The monoisotopic (exact) mass is 377 g/mol. The number of ether oxygens (including phenoxy) is 2. The summed E-state index contributed by atoms with van der Waals surface area (Å²) in [6.07, 6.45) is 1.39. The summed E-state index contributed by atoms with van der Waals surface area (Å²) in [5.74, 6) is -0.644. The fourth-order valence-electron chi connectivity index (χ4n) is 2.77. The molecule has 0 bridgehead atoms. The Morgan fingerprint density at radius 3 is 2.39 bits per heavy atom. The van der Waals surface area contributed by atoms with Crippen molar-refractivity contribution in [2.75, 3.05) is 14.2 Å². The van der Waals surface area contributed by atoms with Gasteiger partial charge in [0.1, 0.15) is 17.2 Å². The van der Waals surface area contributed by atoms with Crippen LogP contribution < -0.4 is 10.1 Å². The molecule has 6 nitrogen and oxygen atoms in total. The third-order valence-electron chi connectivity index (χ3n) is 4.23. The number of fused-ring (bicyclic) bond motifs is 1. The number of benzene rings is 3. The van der Waals surface area contributed by atoms with Gasteiger partial charge in [0, 0.05) is 11.1 Å². The molecule has 1 amide bonds. The first-order valence-corrected chi connectivity index (χ1v) is 8.49. The van der Waals surface area contributed by atoms with Crippen molar-refractivity contribution in [2.45, 2.75) is 0 Å². The van der Waals surface area contributed by atoms with Gasteiger partial charge in [-0.25, -0.2) is 4.79 Å². The quantitative estimate of drug-likeness (QED) is 0.525. The standard InChI is InChI=1S/C22H19NO5/c1-27-16-10-8-14-9-11-20(24)18(17(14)12-16)13-19(22(26)28-2)23-21(25)15-6-4-3-5-7-15/h3-13,24H,1-2H3,(H,23,25)/b19-13-. The van der Waals surface area contributed by atoms with E-state index in [9.17, 15) is 14.7 Å². The number of carbonyl (C=O) groups is 2. The Morgan fingerprint density at radius 2 is 1.71 bits per heavy atom. The Labute approximate surface area is 162 Å². The first-order chi connectivity index (χ1) is 13.5. The molecule has 0 aliphatic rings. The Bertz CT molecular complexity index is 1060. The van der Waals surface area contributed by atoms with Crippen LogP contribution in [0.3, 0.4) is 0 Å². The van der Waals surface area contributed by atoms with Gasteiger partial charge in [0.15, 0.2) is 0 Å². The molecular weight excluding hydrogens is 358 g/mol. The summed E-state index contributed by atoms with van der Waals surface area (Å²) in [5, 5.41) is 14.4. The largest absolute Gasteiger partial charge is 0.507 e. The zero-order valence-electron chi connectivity index (χ0n) is 15.4. The molecule has 0 aliphatic heterocycles. The number of hydrogen-bond acceptors (Lipinski definition) is 5. The number of carbonyl (C=O) groups excluding carboxylic acids is 2. The van der Waals surface area contributed by atoms with E-state index in [4.69, 9.17) is 9.47 Å². The lowest BCUT2D eigenvalue weighted by Gasteiger charge is -2.11. The van der Waals surface area contributed by atoms with E-state index >= 15 is 0 Å². The smallest absolute Gasteiger partial charge is 0.354 e. The number of methoxy groups -OCH3 is 2. The summed E-state index contributed by atoms with van der Waals surface area (Å²) in [6, 6.07) is 17.1. The van der Waals surface area contributed by atoms with E-state index < -0.39 is 11.9 Å². The topological polar surface area (TPSA) is 84.9 Å². The minimum Gasteiger partial charge on any atom is -0.507 e. The van der Waals surface area contributed by atoms with Gasteiger partial charge < -0.3 is 19.9 Å². The molecule has 0 fully saturated rings. The zero-order valence-corrected chi connectivity index (χ0v) is 15.4. The lowest BCUT2D eigenvalue weighted by molar-refractivity contribution is -0.136. The van der Waals surface area contributed by atoms with Crippen molar-refractivity contribution in [1.29, 1.82) is 0 Å². The van der Waals surface area contributed by atoms with Crippen LogP contribution in [0.2, 0.25) is 0 Å². The Balaban J connectivity index is 2.09. The molecule has 0 radical (unpaired) electrons. The molecule has 0 aliphatic carbocycles. The fraction of sp³-hybridized carbons (Fsp3) is 0.0909. The average molecular weight is 377 g/mol. The highest BCUT2D eigenvalue weighted by atomic mass is 16.5. The molecule has 3 rings (SSSR count). The molecule has 3 aromatic carbocycles. The maximum Gasteiger partial charge on any atom is 0.354 e. The van der Waals surface area contributed by atoms with Gasteiger partial charge in [-0.2, -0.15) is 0 Å². The highest BCUT2D eigenvalue weighted by Crippen LogP contribution is 2.31. The number of phenolic OH excluding ortho intramolecular Hbond substituents is 1. The summed E-state index contributed by atoms with van der Waals surface area (Å²) < 4.78 is 10.0. The molecule has 0 aromatic heterocycles. The van der Waals surface area contributed by atoms with Crippen molar-refractivity contribution in [2.24, 2.45) is 0 Å². The van der Waals surface area contributed by atoms with E-state index in [1.165, 1.54) is 19.3 Å². The van der Waals surface area contributed by atoms with Gasteiger partial charge in [0.05, 0.1) is 14.2 Å². The molecule has 0 atom stereocenters. The van der Waals surface area contributed by atoms with Crippen LogP contribution in [-0.4, -0.2) is 31.2 Å². The van der Waals surface area contributed by atoms with E-state index in [1.807, 2.05) is 6.07 Å². The van der Waals surface area contributed by atoms with Crippen molar-refractivity contribution in [3.8, 4) is 11.5 Å².